The zero-order valence-corrected chi connectivity index (χ0v) is 14.2. The van der Waals surface area contributed by atoms with Crippen molar-refractivity contribution in [1.82, 2.24) is 14.3 Å². The molecular weight excluding hydrogens is 298 g/mol. The van der Waals surface area contributed by atoms with E-state index in [4.69, 9.17) is 4.98 Å². The third-order valence-electron chi connectivity index (χ3n) is 4.96. The van der Waals surface area contributed by atoms with Gasteiger partial charge in [-0.1, -0.05) is 19.1 Å². The van der Waals surface area contributed by atoms with Crippen LogP contribution in [0.25, 0.3) is 16.7 Å². The highest BCUT2D eigenvalue weighted by Gasteiger charge is 2.21. The number of fused-ring (bicyclic) bond motifs is 3. The number of benzene rings is 1. The van der Waals surface area contributed by atoms with Crippen LogP contribution in [-0.4, -0.2) is 47.5 Å². The number of piperazine rings is 1. The summed E-state index contributed by atoms with van der Waals surface area (Å²) in [6, 6.07) is 12.7. The molecular formula is C19H21N5. The number of nitriles is 1. The van der Waals surface area contributed by atoms with Gasteiger partial charge in [0.25, 0.3) is 0 Å². The first-order valence-electron chi connectivity index (χ1n) is 8.49. The number of rotatable bonds is 2. The Morgan fingerprint density at radius 3 is 2.62 bits per heavy atom. The summed E-state index contributed by atoms with van der Waals surface area (Å²) < 4.78 is 2.17. The molecule has 2 aromatic heterocycles. The molecule has 0 atom stereocenters. The van der Waals surface area contributed by atoms with E-state index < -0.39 is 0 Å². The fraction of sp³-hybridized carbons (Fsp3) is 0.368. The third kappa shape index (κ3) is 2.22. The Morgan fingerprint density at radius 2 is 1.92 bits per heavy atom. The number of aromatic nitrogens is 2. The van der Waals surface area contributed by atoms with Crippen molar-refractivity contribution in [3.63, 3.8) is 0 Å². The largest absolute Gasteiger partial charge is 0.355 e. The molecule has 1 saturated heterocycles. The fourth-order valence-electron chi connectivity index (χ4n) is 3.53. The number of pyridine rings is 1. The van der Waals surface area contributed by atoms with Gasteiger partial charge in [0.05, 0.1) is 16.6 Å². The Hall–Kier alpha value is -2.58. The zero-order valence-electron chi connectivity index (χ0n) is 14.2. The number of likely N-dealkylation sites (N-methyl/N-ethyl adjacent to an activating group) is 1. The molecule has 0 spiro atoms. The molecule has 4 rings (SSSR count). The molecule has 24 heavy (non-hydrogen) atoms. The van der Waals surface area contributed by atoms with Gasteiger partial charge in [0.1, 0.15) is 11.9 Å². The van der Waals surface area contributed by atoms with Crippen LogP contribution >= 0.6 is 0 Å². The maximum absolute atomic E-state index is 9.69. The molecule has 3 heterocycles. The van der Waals surface area contributed by atoms with Crippen LogP contribution in [0.4, 0.5) is 5.82 Å². The van der Waals surface area contributed by atoms with Crippen molar-refractivity contribution in [2.75, 3.05) is 38.1 Å². The van der Waals surface area contributed by atoms with E-state index >= 15 is 0 Å². The third-order valence-corrected chi connectivity index (χ3v) is 4.96. The fourth-order valence-corrected chi connectivity index (χ4v) is 3.53. The average molecular weight is 319 g/mol. The lowest BCUT2D eigenvalue weighted by Crippen LogP contribution is -2.45. The van der Waals surface area contributed by atoms with Crippen LogP contribution in [0.5, 0.6) is 0 Å². The topological polar surface area (TPSA) is 47.6 Å². The highest BCUT2D eigenvalue weighted by Crippen LogP contribution is 2.29. The van der Waals surface area contributed by atoms with Gasteiger partial charge in [-0.25, -0.2) is 4.98 Å². The predicted molar refractivity (Wildman–Crippen MR) is 96.5 cm³/mol. The normalized spacial score (nSPS) is 16.0. The second-order valence-corrected chi connectivity index (χ2v) is 6.42. The van der Waals surface area contributed by atoms with Crippen LogP contribution in [0, 0.1) is 11.3 Å². The smallest absolute Gasteiger partial charge is 0.157 e. The zero-order chi connectivity index (χ0) is 16.7. The van der Waals surface area contributed by atoms with Crippen molar-refractivity contribution in [2.24, 2.45) is 0 Å². The van der Waals surface area contributed by atoms with E-state index in [2.05, 4.69) is 46.4 Å². The summed E-state index contributed by atoms with van der Waals surface area (Å²) in [6.07, 6.45) is 0.837. The van der Waals surface area contributed by atoms with Gasteiger partial charge in [0.2, 0.25) is 0 Å². The van der Waals surface area contributed by atoms with Gasteiger partial charge in [0.15, 0.2) is 5.65 Å². The Balaban J connectivity index is 2.03. The van der Waals surface area contributed by atoms with Crippen LogP contribution in [-0.2, 0) is 6.42 Å². The monoisotopic (exact) mass is 319 g/mol. The molecule has 0 N–H and O–H groups in total. The molecule has 0 saturated carbocycles. The SMILES string of the molecule is CCc1cc(N2CCN(C)CC2)n2c(nc3ccccc32)c1C#N. The maximum Gasteiger partial charge on any atom is 0.157 e. The second kappa shape index (κ2) is 5.81. The van der Waals surface area contributed by atoms with Crippen molar-refractivity contribution >= 4 is 22.5 Å². The van der Waals surface area contributed by atoms with Gasteiger partial charge in [-0.3, -0.25) is 4.40 Å². The van der Waals surface area contributed by atoms with E-state index in [1.807, 2.05) is 18.2 Å². The standard InChI is InChI=1S/C19H21N5/c1-3-14-12-18(23-10-8-22(2)9-11-23)24-17-7-5-4-6-16(17)21-19(24)15(14)13-20/h4-7,12H,3,8-11H2,1-2H3. The Bertz CT molecular complexity index is 942. The number of hydrogen-bond donors (Lipinski definition) is 0. The molecule has 3 aromatic rings. The van der Waals surface area contributed by atoms with Crippen molar-refractivity contribution in [1.29, 1.82) is 5.26 Å². The highest BCUT2D eigenvalue weighted by atomic mass is 15.3. The van der Waals surface area contributed by atoms with Crippen molar-refractivity contribution in [3.8, 4) is 6.07 Å². The molecule has 1 fully saturated rings. The first-order valence-corrected chi connectivity index (χ1v) is 8.49. The Labute approximate surface area is 141 Å². The van der Waals surface area contributed by atoms with Crippen LogP contribution in [0.3, 0.4) is 0 Å². The summed E-state index contributed by atoms with van der Waals surface area (Å²) in [4.78, 5) is 9.54. The number of aryl methyl sites for hydroxylation is 1. The molecule has 0 unspecified atom stereocenters. The number of imidazole rings is 1. The quantitative estimate of drug-likeness (QED) is 0.728. The lowest BCUT2D eigenvalue weighted by molar-refractivity contribution is 0.312. The number of para-hydroxylation sites is 2. The van der Waals surface area contributed by atoms with Gasteiger partial charge < -0.3 is 9.80 Å². The molecule has 1 aromatic carbocycles. The summed E-state index contributed by atoms with van der Waals surface area (Å²) in [6.45, 7) is 6.19. The van der Waals surface area contributed by atoms with Crippen LogP contribution in [0.2, 0.25) is 0 Å². The molecule has 5 heteroatoms. The average Bonchev–Trinajstić information content (AvgIpc) is 3.00. The molecule has 0 aliphatic carbocycles. The minimum atomic E-state index is 0.701. The molecule has 0 amide bonds. The molecule has 5 nitrogen and oxygen atoms in total. The van der Waals surface area contributed by atoms with Crippen LogP contribution < -0.4 is 4.90 Å². The van der Waals surface area contributed by atoms with E-state index in [0.29, 0.717) is 5.56 Å². The van der Waals surface area contributed by atoms with Crippen molar-refractivity contribution in [3.05, 3.63) is 41.5 Å². The van der Waals surface area contributed by atoms with E-state index in [0.717, 1.165) is 60.7 Å². The van der Waals surface area contributed by atoms with Gasteiger partial charge in [-0.2, -0.15) is 5.26 Å². The summed E-state index contributed by atoms with van der Waals surface area (Å²) >= 11 is 0. The summed E-state index contributed by atoms with van der Waals surface area (Å²) in [5.74, 6) is 1.16. The predicted octanol–water partition coefficient (Wildman–Crippen LogP) is 2.67. The van der Waals surface area contributed by atoms with Crippen molar-refractivity contribution < 1.29 is 0 Å². The minimum absolute atomic E-state index is 0.701. The lowest BCUT2D eigenvalue weighted by Gasteiger charge is -2.34. The molecule has 0 bridgehead atoms. The van der Waals surface area contributed by atoms with E-state index in [-0.39, 0.29) is 0 Å². The van der Waals surface area contributed by atoms with Gasteiger partial charge in [-0.05, 0) is 37.2 Å². The summed E-state index contributed by atoms with van der Waals surface area (Å²) in [5, 5.41) is 9.69. The Kier molecular flexibility index (Phi) is 3.62. The van der Waals surface area contributed by atoms with Gasteiger partial charge in [-0.15, -0.1) is 0 Å². The molecule has 1 aliphatic rings. The van der Waals surface area contributed by atoms with E-state index in [1.54, 1.807) is 0 Å². The molecule has 0 radical (unpaired) electrons. The summed E-state index contributed by atoms with van der Waals surface area (Å²) in [5.41, 5.74) is 4.58. The van der Waals surface area contributed by atoms with Crippen LogP contribution in [0.15, 0.2) is 30.3 Å². The molecule has 122 valence electrons. The number of anilines is 1. The first-order chi connectivity index (χ1) is 11.7. The minimum Gasteiger partial charge on any atom is -0.355 e. The molecule has 1 aliphatic heterocycles. The Morgan fingerprint density at radius 1 is 1.17 bits per heavy atom. The van der Waals surface area contributed by atoms with E-state index in [1.165, 1.54) is 0 Å². The van der Waals surface area contributed by atoms with Crippen molar-refractivity contribution in [2.45, 2.75) is 13.3 Å². The number of hydrogen-bond acceptors (Lipinski definition) is 4. The van der Waals surface area contributed by atoms with Gasteiger partial charge >= 0.3 is 0 Å². The lowest BCUT2D eigenvalue weighted by atomic mass is 10.1. The number of nitrogens with zero attached hydrogens (tertiary/aromatic N) is 5. The maximum atomic E-state index is 9.69. The highest BCUT2D eigenvalue weighted by molar-refractivity contribution is 5.85. The van der Waals surface area contributed by atoms with Crippen LogP contribution in [0.1, 0.15) is 18.1 Å². The first kappa shape index (κ1) is 15.0. The second-order valence-electron chi connectivity index (χ2n) is 6.42. The summed E-state index contributed by atoms with van der Waals surface area (Å²) in [7, 11) is 2.16. The van der Waals surface area contributed by atoms with Gasteiger partial charge in [0, 0.05) is 26.2 Å². The van der Waals surface area contributed by atoms with E-state index in [9.17, 15) is 5.26 Å².